The number of carbonyl (C=O) groups is 1. The standard InChI is InChI=1S/C10H11BrClNO2/c1-6(10(14)15-2)13-9-4-3-7(11)5-8(9)12/h3-6,13H,1-2H3. The second kappa shape index (κ2) is 5.37. The summed E-state index contributed by atoms with van der Waals surface area (Å²) in [6.45, 7) is 1.71. The fraction of sp³-hybridized carbons (Fsp3) is 0.300. The maximum atomic E-state index is 11.2. The molecule has 1 unspecified atom stereocenters. The van der Waals surface area contributed by atoms with E-state index in [2.05, 4.69) is 26.0 Å². The molecule has 0 fully saturated rings. The van der Waals surface area contributed by atoms with Gasteiger partial charge >= 0.3 is 5.97 Å². The summed E-state index contributed by atoms with van der Waals surface area (Å²) >= 11 is 9.28. The fourth-order valence-electron chi connectivity index (χ4n) is 1.08. The Bertz CT molecular complexity index is 370. The molecular formula is C10H11BrClNO2. The molecule has 1 aromatic rings. The van der Waals surface area contributed by atoms with Gasteiger partial charge in [-0.25, -0.2) is 4.79 Å². The van der Waals surface area contributed by atoms with Crippen LogP contribution >= 0.6 is 27.5 Å². The van der Waals surface area contributed by atoms with Crippen molar-refractivity contribution in [1.82, 2.24) is 0 Å². The third kappa shape index (κ3) is 3.39. The first-order valence-corrected chi connectivity index (χ1v) is 5.51. The number of nitrogens with one attached hydrogen (secondary N) is 1. The van der Waals surface area contributed by atoms with E-state index in [1.165, 1.54) is 7.11 Å². The first-order chi connectivity index (χ1) is 7.04. The lowest BCUT2D eigenvalue weighted by molar-refractivity contribution is -0.141. The Kier molecular flexibility index (Phi) is 4.42. The van der Waals surface area contributed by atoms with Gasteiger partial charge in [0.1, 0.15) is 6.04 Å². The number of rotatable bonds is 3. The van der Waals surface area contributed by atoms with Crippen LogP contribution in [-0.4, -0.2) is 19.1 Å². The molecule has 1 atom stereocenters. The Balaban J connectivity index is 2.76. The molecule has 0 aliphatic rings. The number of methoxy groups -OCH3 is 1. The Morgan fingerprint density at radius 3 is 2.80 bits per heavy atom. The fourth-order valence-corrected chi connectivity index (χ4v) is 1.80. The van der Waals surface area contributed by atoms with Gasteiger partial charge in [-0.05, 0) is 25.1 Å². The Morgan fingerprint density at radius 1 is 1.60 bits per heavy atom. The monoisotopic (exact) mass is 291 g/mol. The predicted molar refractivity (Wildman–Crippen MR) is 64.3 cm³/mol. The van der Waals surface area contributed by atoms with Gasteiger partial charge in [-0.3, -0.25) is 0 Å². The normalized spacial score (nSPS) is 12.0. The summed E-state index contributed by atoms with van der Waals surface area (Å²) in [5.41, 5.74) is 0.706. The zero-order valence-electron chi connectivity index (χ0n) is 8.38. The number of carbonyl (C=O) groups excluding carboxylic acids is 1. The molecule has 1 rings (SSSR count). The summed E-state index contributed by atoms with van der Waals surface area (Å²) in [5.74, 6) is -0.325. The maximum absolute atomic E-state index is 11.2. The van der Waals surface area contributed by atoms with Crippen molar-refractivity contribution < 1.29 is 9.53 Å². The van der Waals surface area contributed by atoms with Gasteiger partial charge in [0.15, 0.2) is 0 Å². The summed E-state index contributed by atoms with van der Waals surface area (Å²) in [7, 11) is 1.35. The highest BCUT2D eigenvalue weighted by atomic mass is 79.9. The number of benzene rings is 1. The molecule has 82 valence electrons. The summed E-state index contributed by atoms with van der Waals surface area (Å²) < 4.78 is 5.49. The van der Waals surface area contributed by atoms with Crippen LogP contribution in [0.25, 0.3) is 0 Å². The lowest BCUT2D eigenvalue weighted by Gasteiger charge is -2.14. The second-order valence-electron chi connectivity index (χ2n) is 3.01. The smallest absolute Gasteiger partial charge is 0.327 e. The molecule has 0 bridgehead atoms. The minimum absolute atomic E-state index is 0.325. The molecule has 0 heterocycles. The molecule has 5 heteroatoms. The van der Waals surface area contributed by atoms with E-state index in [1.807, 2.05) is 6.07 Å². The average Bonchev–Trinajstić information content (AvgIpc) is 2.20. The third-order valence-corrected chi connectivity index (χ3v) is 2.66. The van der Waals surface area contributed by atoms with Crippen LogP contribution in [0.4, 0.5) is 5.69 Å². The Morgan fingerprint density at radius 2 is 2.27 bits per heavy atom. The van der Waals surface area contributed by atoms with Crippen molar-refractivity contribution in [2.75, 3.05) is 12.4 Å². The van der Waals surface area contributed by atoms with Crippen molar-refractivity contribution in [3.8, 4) is 0 Å². The Labute approximate surface area is 102 Å². The van der Waals surface area contributed by atoms with E-state index in [0.29, 0.717) is 10.7 Å². The van der Waals surface area contributed by atoms with Gasteiger partial charge in [-0.15, -0.1) is 0 Å². The zero-order valence-corrected chi connectivity index (χ0v) is 10.7. The second-order valence-corrected chi connectivity index (χ2v) is 4.34. The summed E-state index contributed by atoms with van der Waals surface area (Å²) in [4.78, 5) is 11.2. The third-order valence-electron chi connectivity index (χ3n) is 1.86. The van der Waals surface area contributed by atoms with Gasteiger partial charge in [0.05, 0.1) is 17.8 Å². The number of hydrogen-bond acceptors (Lipinski definition) is 3. The van der Waals surface area contributed by atoms with Crippen LogP contribution in [0, 0.1) is 0 Å². The predicted octanol–water partition coefficient (Wildman–Crippen LogP) is 3.08. The molecule has 0 aliphatic carbocycles. The van der Waals surface area contributed by atoms with Crippen molar-refractivity contribution in [1.29, 1.82) is 0 Å². The van der Waals surface area contributed by atoms with Gasteiger partial charge in [0, 0.05) is 4.47 Å². The van der Waals surface area contributed by atoms with Crippen molar-refractivity contribution in [2.24, 2.45) is 0 Å². The zero-order chi connectivity index (χ0) is 11.4. The average molecular weight is 293 g/mol. The molecule has 3 nitrogen and oxygen atoms in total. The van der Waals surface area contributed by atoms with Crippen molar-refractivity contribution in [2.45, 2.75) is 13.0 Å². The van der Waals surface area contributed by atoms with Gasteiger partial charge in [0.2, 0.25) is 0 Å². The van der Waals surface area contributed by atoms with Crippen LogP contribution in [0.15, 0.2) is 22.7 Å². The van der Waals surface area contributed by atoms with Crippen LogP contribution in [0.2, 0.25) is 5.02 Å². The van der Waals surface area contributed by atoms with E-state index in [-0.39, 0.29) is 5.97 Å². The molecule has 0 spiro atoms. The van der Waals surface area contributed by atoms with Gasteiger partial charge < -0.3 is 10.1 Å². The molecule has 15 heavy (non-hydrogen) atoms. The van der Waals surface area contributed by atoms with Crippen LogP contribution in [-0.2, 0) is 9.53 Å². The van der Waals surface area contributed by atoms with Crippen LogP contribution in [0.3, 0.4) is 0 Å². The molecule has 0 saturated carbocycles. The molecule has 0 aromatic heterocycles. The molecular weight excluding hydrogens is 281 g/mol. The van der Waals surface area contributed by atoms with Crippen molar-refractivity contribution >= 4 is 39.2 Å². The highest BCUT2D eigenvalue weighted by Gasteiger charge is 2.13. The number of anilines is 1. The number of halogens is 2. The molecule has 0 aliphatic heterocycles. The molecule has 0 radical (unpaired) electrons. The molecule has 0 amide bonds. The Hall–Kier alpha value is -0.740. The minimum atomic E-state index is -0.423. The van der Waals surface area contributed by atoms with Crippen LogP contribution in [0.1, 0.15) is 6.92 Å². The summed E-state index contributed by atoms with van der Waals surface area (Å²) in [5, 5.41) is 3.52. The van der Waals surface area contributed by atoms with E-state index in [4.69, 9.17) is 11.6 Å². The van der Waals surface area contributed by atoms with Crippen LogP contribution in [0.5, 0.6) is 0 Å². The lowest BCUT2D eigenvalue weighted by atomic mass is 10.2. The summed E-state index contributed by atoms with van der Waals surface area (Å²) in [6.07, 6.45) is 0. The van der Waals surface area contributed by atoms with Crippen molar-refractivity contribution in [3.63, 3.8) is 0 Å². The number of ether oxygens (including phenoxy) is 1. The van der Waals surface area contributed by atoms with E-state index < -0.39 is 6.04 Å². The highest BCUT2D eigenvalue weighted by Crippen LogP contribution is 2.26. The van der Waals surface area contributed by atoms with Crippen LogP contribution < -0.4 is 5.32 Å². The first kappa shape index (κ1) is 12.3. The first-order valence-electron chi connectivity index (χ1n) is 4.34. The topological polar surface area (TPSA) is 38.3 Å². The number of hydrogen-bond donors (Lipinski definition) is 1. The minimum Gasteiger partial charge on any atom is -0.467 e. The SMILES string of the molecule is COC(=O)C(C)Nc1ccc(Br)cc1Cl. The van der Waals surface area contributed by atoms with Gasteiger partial charge in [-0.1, -0.05) is 27.5 Å². The summed E-state index contributed by atoms with van der Waals surface area (Å²) in [6, 6.07) is 4.98. The van der Waals surface area contributed by atoms with E-state index >= 15 is 0 Å². The molecule has 1 N–H and O–H groups in total. The molecule has 0 saturated heterocycles. The lowest BCUT2D eigenvalue weighted by Crippen LogP contribution is -2.27. The maximum Gasteiger partial charge on any atom is 0.327 e. The highest BCUT2D eigenvalue weighted by molar-refractivity contribution is 9.10. The molecule has 1 aromatic carbocycles. The van der Waals surface area contributed by atoms with Gasteiger partial charge in [0.25, 0.3) is 0 Å². The van der Waals surface area contributed by atoms with E-state index in [9.17, 15) is 4.79 Å². The van der Waals surface area contributed by atoms with E-state index in [1.54, 1.807) is 19.1 Å². The van der Waals surface area contributed by atoms with Gasteiger partial charge in [-0.2, -0.15) is 0 Å². The number of esters is 1. The quantitative estimate of drug-likeness (QED) is 0.870. The van der Waals surface area contributed by atoms with E-state index in [0.717, 1.165) is 4.47 Å². The largest absolute Gasteiger partial charge is 0.467 e. The van der Waals surface area contributed by atoms with Crippen molar-refractivity contribution in [3.05, 3.63) is 27.7 Å².